The quantitative estimate of drug-likeness (QED) is 0.472. The lowest BCUT2D eigenvalue weighted by Gasteiger charge is -2.31. The molecule has 0 atom stereocenters. The summed E-state index contributed by atoms with van der Waals surface area (Å²) in [4.78, 5) is 35.3. The van der Waals surface area contributed by atoms with Crippen molar-refractivity contribution >= 4 is 17.1 Å². The summed E-state index contributed by atoms with van der Waals surface area (Å²) >= 11 is 0. The van der Waals surface area contributed by atoms with E-state index in [1.165, 1.54) is 5.56 Å². The lowest BCUT2D eigenvalue weighted by Crippen LogP contribution is -2.38. The molecule has 4 aromatic rings. The minimum absolute atomic E-state index is 0.0362. The van der Waals surface area contributed by atoms with Gasteiger partial charge in [-0.3, -0.25) is 9.59 Å². The van der Waals surface area contributed by atoms with E-state index in [4.69, 9.17) is 14.5 Å². The van der Waals surface area contributed by atoms with Gasteiger partial charge < -0.3 is 19.4 Å². The zero-order valence-corrected chi connectivity index (χ0v) is 19.9. The third-order valence-electron chi connectivity index (χ3n) is 6.80. The van der Waals surface area contributed by atoms with Gasteiger partial charge in [-0.25, -0.2) is 9.67 Å². The number of carbonyl (C=O) groups excluding carboxylic acids is 1. The van der Waals surface area contributed by atoms with E-state index in [1.807, 2.05) is 36.1 Å². The average molecular weight is 487 g/mol. The molecule has 2 aliphatic rings. The highest BCUT2D eigenvalue weighted by atomic mass is 16.6. The van der Waals surface area contributed by atoms with Crippen molar-refractivity contribution in [3.8, 4) is 11.5 Å². The Morgan fingerprint density at radius 3 is 2.58 bits per heavy atom. The van der Waals surface area contributed by atoms with Crippen LogP contribution in [0.3, 0.4) is 0 Å². The molecular formula is C26H26N6O4. The van der Waals surface area contributed by atoms with Crippen molar-refractivity contribution in [2.75, 3.05) is 26.3 Å². The number of benzene rings is 2. The van der Waals surface area contributed by atoms with E-state index in [9.17, 15) is 9.59 Å². The number of likely N-dealkylation sites (tertiary alicyclic amines) is 1. The van der Waals surface area contributed by atoms with Crippen LogP contribution in [0.5, 0.6) is 11.5 Å². The second-order valence-corrected chi connectivity index (χ2v) is 9.28. The lowest BCUT2D eigenvalue weighted by atomic mass is 9.95. The molecule has 2 aromatic carbocycles. The monoisotopic (exact) mass is 486 g/mol. The summed E-state index contributed by atoms with van der Waals surface area (Å²) in [5.41, 5.74) is 3.23. The normalized spacial score (nSPS) is 15.9. The first-order valence-electron chi connectivity index (χ1n) is 12.1. The standard InChI is InChI=1S/C26H26N6O4/c1-16-2-4-17(5-3-16)15-32-24-22(29-30-32)25(33)28-23(27-24)18-8-10-31(11-9-18)26(34)19-6-7-20-21(14-19)36-13-12-35-20/h2-7,14,18H,8-13,15H2,1H3,(H,27,28,33). The Labute approximate surface area is 206 Å². The molecule has 0 bridgehead atoms. The van der Waals surface area contributed by atoms with E-state index in [0.717, 1.165) is 5.56 Å². The Kier molecular flexibility index (Phi) is 5.63. The molecule has 1 saturated heterocycles. The molecular weight excluding hydrogens is 460 g/mol. The van der Waals surface area contributed by atoms with Crippen LogP contribution in [-0.2, 0) is 6.54 Å². The second-order valence-electron chi connectivity index (χ2n) is 9.28. The van der Waals surface area contributed by atoms with E-state index >= 15 is 0 Å². The molecule has 0 spiro atoms. The van der Waals surface area contributed by atoms with Crippen LogP contribution in [0.1, 0.15) is 46.1 Å². The van der Waals surface area contributed by atoms with Gasteiger partial charge in [0.15, 0.2) is 22.7 Å². The molecule has 1 fully saturated rings. The van der Waals surface area contributed by atoms with Gasteiger partial charge in [-0.15, -0.1) is 5.10 Å². The van der Waals surface area contributed by atoms with Crippen LogP contribution in [0.2, 0.25) is 0 Å². The minimum Gasteiger partial charge on any atom is -0.486 e. The molecule has 2 aliphatic heterocycles. The fourth-order valence-corrected chi connectivity index (χ4v) is 4.76. The van der Waals surface area contributed by atoms with E-state index in [0.29, 0.717) is 74.2 Å². The molecule has 184 valence electrons. The maximum absolute atomic E-state index is 13.1. The fourth-order valence-electron chi connectivity index (χ4n) is 4.76. The van der Waals surface area contributed by atoms with Crippen molar-refractivity contribution in [1.82, 2.24) is 29.9 Å². The van der Waals surface area contributed by atoms with Gasteiger partial charge in [0, 0.05) is 24.6 Å². The van der Waals surface area contributed by atoms with Crippen molar-refractivity contribution in [2.45, 2.75) is 32.2 Å². The smallest absolute Gasteiger partial charge is 0.281 e. The summed E-state index contributed by atoms with van der Waals surface area (Å²) in [6, 6.07) is 13.5. The molecule has 36 heavy (non-hydrogen) atoms. The number of hydrogen-bond acceptors (Lipinski definition) is 7. The van der Waals surface area contributed by atoms with E-state index < -0.39 is 0 Å². The molecule has 0 radical (unpaired) electrons. The number of aryl methyl sites for hydroxylation is 1. The number of carbonyl (C=O) groups is 1. The lowest BCUT2D eigenvalue weighted by molar-refractivity contribution is 0.0710. The fraction of sp³-hybridized carbons (Fsp3) is 0.346. The van der Waals surface area contributed by atoms with Crippen LogP contribution in [0, 0.1) is 6.92 Å². The minimum atomic E-state index is -0.292. The van der Waals surface area contributed by atoms with Gasteiger partial charge in [-0.2, -0.15) is 0 Å². The first-order valence-corrected chi connectivity index (χ1v) is 12.1. The maximum Gasteiger partial charge on any atom is 0.281 e. The Balaban J connectivity index is 1.18. The predicted molar refractivity (Wildman–Crippen MR) is 132 cm³/mol. The molecule has 0 saturated carbocycles. The molecule has 1 N–H and O–H groups in total. The Bertz CT molecular complexity index is 1480. The van der Waals surface area contributed by atoms with Crippen molar-refractivity contribution in [3.63, 3.8) is 0 Å². The van der Waals surface area contributed by atoms with E-state index in [-0.39, 0.29) is 22.9 Å². The first-order chi connectivity index (χ1) is 17.5. The molecule has 4 heterocycles. The molecule has 0 aliphatic carbocycles. The van der Waals surface area contributed by atoms with Gasteiger partial charge in [0.1, 0.15) is 19.0 Å². The Morgan fingerprint density at radius 1 is 1.06 bits per heavy atom. The van der Waals surface area contributed by atoms with Crippen LogP contribution >= 0.6 is 0 Å². The number of aromatic nitrogens is 5. The average Bonchev–Trinajstić information content (AvgIpc) is 3.32. The Morgan fingerprint density at radius 2 is 1.81 bits per heavy atom. The van der Waals surface area contributed by atoms with Gasteiger partial charge in [0.2, 0.25) is 0 Å². The Hall–Kier alpha value is -4.21. The zero-order chi connectivity index (χ0) is 24.6. The largest absolute Gasteiger partial charge is 0.486 e. The van der Waals surface area contributed by atoms with Crippen LogP contribution in [0.15, 0.2) is 47.3 Å². The number of nitrogens with zero attached hydrogens (tertiary/aromatic N) is 5. The SMILES string of the molecule is Cc1ccc(Cn2nnc3c(=O)[nH]c(C4CCN(C(=O)c5ccc6c(c5)OCCO6)CC4)nc32)cc1. The molecule has 1 amide bonds. The number of rotatable bonds is 4. The highest BCUT2D eigenvalue weighted by Gasteiger charge is 2.28. The van der Waals surface area contributed by atoms with Gasteiger partial charge in [0.25, 0.3) is 11.5 Å². The molecule has 6 rings (SSSR count). The summed E-state index contributed by atoms with van der Waals surface area (Å²) in [6.45, 7) is 4.65. The van der Waals surface area contributed by atoms with Crippen LogP contribution in [0.25, 0.3) is 11.2 Å². The van der Waals surface area contributed by atoms with Crippen LogP contribution < -0.4 is 15.0 Å². The van der Waals surface area contributed by atoms with Crippen molar-refractivity contribution in [1.29, 1.82) is 0 Å². The second kappa shape index (κ2) is 9.10. The number of nitrogens with one attached hydrogen (secondary N) is 1. The topological polar surface area (TPSA) is 115 Å². The van der Waals surface area contributed by atoms with E-state index in [2.05, 4.69) is 15.3 Å². The van der Waals surface area contributed by atoms with Crippen molar-refractivity contribution < 1.29 is 14.3 Å². The summed E-state index contributed by atoms with van der Waals surface area (Å²) < 4.78 is 12.8. The molecule has 0 unspecified atom stereocenters. The van der Waals surface area contributed by atoms with Gasteiger partial charge in [0.05, 0.1) is 6.54 Å². The van der Waals surface area contributed by atoms with Crippen molar-refractivity contribution in [2.24, 2.45) is 0 Å². The number of ether oxygens (including phenoxy) is 2. The highest BCUT2D eigenvalue weighted by Crippen LogP contribution is 2.32. The van der Waals surface area contributed by atoms with Crippen molar-refractivity contribution in [3.05, 3.63) is 75.3 Å². The summed E-state index contributed by atoms with van der Waals surface area (Å²) in [6.07, 6.45) is 1.40. The molecule has 10 heteroatoms. The van der Waals surface area contributed by atoms with Gasteiger partial charge >= 0.3 is 0 Å². The molecule has 2 aromatic heterocycles. The van der Waals surface area contributed by atoms with Gasteiger partial charge in [-0.05, 0) is 43.5 Å². The summed E-state index contributed by atoms with van der Waals surface area (Å²) in [5.74, 6) is 1.88. The first kappa shape index (κ1) is 22.3. The highest BCUT2D eigenvalue weighted by molar-refractivity contribution is 5.95. The third kappa shape index (κ3) is 4.19. The number of hydrogen-bond donors (Lipinski definition) is 1. The van der Waals surface area contributed by atoms with Gasteiger partial charge in [-0.1, -0.05) is 35.0 Å². The number of fused-ring (bicyclic) bond motifs is 2. The number of H-pyrrole nitrogens is 1. The summed E-state index contributed by atoms with van der Waals surface area (Å²) in [5, 5.41) is 8.22. The predicted octanol–water partition coefficient (Wildman–Crippen LogP) is 2.66. The van der Waals surface area contributed by atoms with Crippen LogP contribution in [-0.4, -0.2) is 62.1 Å². The number of aromatic amines is 1. The molecule has 10 nitrogen and oxygen atoms in total. The van der Waals surface area contributed by atoms with Crippen LogP contribution in [0.4, 0.5) is 0 Å². The third-order valence-corrected chi connectivity index (χ3v) is 6.80. The number of piperidine rings is 1. The van der Waals surface area contributed by atoms with E-state index in [1.54, 1.807) is 22.9 Å². The summed E-state index contributed by atoms with van der Waals surface area (Å²) in [7, 11) is 0. The zero-order valence-electron chi connectivity index (χ0n) is 19.9. The maximum atomic E-state index is 13.1. The number of amides is 1.